The van der Waals surface area contributed by atoms with Gasteiger partial charge in [-0.1, -0.05) is 30.0 Å². The van der Waals surface area contributed by atoms with Crippen LogP contribution in [0.4, 0.5) is 0 Å². The molecule has 0 radical (unpaired) electrons. The van der Waals surface area contributed by atoms with Crippen LogP contribution >= 0.6 is 0 Å². The Labute approximate surface area is 122 Å². The van der Waals surface area contributed by atoms with Crippen LogP contribution in [0.15, 0.2) is 35.3 Å². The minimum Gasteiger partial charge on any atom is -0.853 e. The molecule has 1 rings (SSSR count). The molecule has 1 N–H and O–H groups in total. The average molecular weight is 239 g/mol. The average Bonchev–Trinajstić information content (AvgIpc) is 2.27. The van der Waals surface area contributed by atoms with Gasteiger partial charge in [-0.15, -0.1) is 0 Å². The van der Waals surface area contributed by atoms with Gasteiger partial charge < -0.3 is 10.2 Å². The summed E-state index contributed by atoms with van der Waals surface area (Å²) in [6.07, 6.45) is 0. The molecule has 0 aliphatic carbocycles. The van der Waals surface area contributed by atoms with E-state index in [0.717, 1.165) is 0 Å². The van der Waals surface area contributed by atoms with Gasteiger partial charge in [-0.05, 0) is 19.1 Å². The van der Waals surface area contributed by atoms with E-state index in [1.54, 1.807) is 24.3 Å². The predicted octanol–water partition coefficient (Wildman–Crippen LogP) is -2.73. The van der Waals surface area contributed by atoms with Crippen molar-refractivity contribution in [1.82, 2.24) is 0 Å². The molecule has 0 aliphatic heterocycles. The van der Waals surface area contributed by atoms with E-state index in [1.807, 2.05) is 6.07 Å². The van der Waals surface area contributed by atoms with Gasteiger partial charge in [-0.3, -0.25) is 4.99 Å². The fourth-order valence-electron chi connectivity index (χ4n) is 0.910. The Kier molecular flexibility index (Phi) is 7.31. The third kappa shape index (κ3) is 6.12. The Bertz CT molecular complexity index is 460. The molecule has 0 bridgehead atoms. The van der Waals surface area contributed by atoms with E-state index in [9.17, 15) is 9.90 Å². The zero-order chi connectivity index (χ0) is 12.0. The van der Waals surface area contributed by atoms with Crippen molar-refractivity contribution in [3.8, 4) is 11.8 Å². The van der Waals surface area contributed by atoms with Gasteiger partial charge in [0, 0.05) is 11.5 Å². The van der Waals surface area contributed by atoms with Crippen molar-refractivity contribution in [3.05, 3.63) is 35.9 Å². The van der Waals surface area contributed by atoms with Gasteiger partial charge in [0.25, 0.3) is 0 Å². The fraction of sp³-hybridized carbons (Fsp3) is 0.167. The molecule has 1 aromatic carbocycles. The first-order chi connectivity index (χ1) is 7.59. The maximum atomic E-state index is 11.1. The summed E-state index contributed by atoms with van der Waals surface area (Å²) >= 11 is 0. The zero-order valence-corrected chi connectivity index (χ0v) is 11.7. The van der Waals surface area contributed by atoms with Crippen LogP contribution in [0, 0.1) is 11.8 Å². The number of hydrogen-bond acceptors (Lipinski definition) is 3. The molecule has 82 valence electrons. The Balaban J connectivity index is 0.00000256. The largest absolute Gasteiger partial charge is 1.00 e. The number of aliphatic carboxylic acids is 1. The monoisotopic (exact) mass is 239 g/mol. The zero-order valence-electron chi connectivity index (χ0n) is 9.68. The third-order valence-electron chi connectivity index (χ3n) is 1.76. The van der Waals surface area contributed by atoms with E-state index in [2.05, 4.69) is 16.8 Å². The maximum Gasteiger partial charge on any atom is 1.00 e. The van der Waals surface area contributed by atoms with E-state index in [1.165, 1.54) is 6.92 Å². The van der Waals surface area contributed by atoms with Gasteiger partial charge in [-0.2, -0.15) is 0 Å². The summed E-state index contributed by atoms with van der Waals surface area (Å²) in [6.45, 7) is 1.32. The van der Waals surface area contributed by atoms with Crippen molar-refractivity contribution < 1.29 is 44.6 Å². The molecule has 1 atom stereocenters. The van der Waals surface area contributed by atoms with E-state index in [-0.39, 0.29) is 29.6 Å². The standard InChI is InChI=1S/C12H11NO3.Na/c1-9(12(15)16)13-11(14)8-7-10-5-3-2-4-6-10;/h2-6,9H,1H3,(H,13,14)(H,15,16);/q;+1/p-1. The van der Waals surface area contributed by atoms with Gasteiger partial charge in [0.2, 0.25) is 0 Å². The Hall–Kier alpha value is -1.28. The fourth-order valence-corrected chi connectivity index (χ4v) is 0.910. The van der Waals surface area contributed by atoms with Crippen molar-refractivity contribution in [2.45, 2.75) is 13.0 Å². The second-order valence-electron chi connectivity index (χ2n) is 3.06. The van der Waals surface area contributed by atoms with Crippen LogP contribution in [0.3, 0.4) is 0 Å². The summed E-state index contributed by atoms with van der Waals surface area (Å²) in [6, 6.07) is 7.88. The van der Waals surface area contributed by atoms with E-state index in [4.69, 9.17) is 5.11 Å². The van der Waals surface area contributed by atoms with Crippen LogP contribution in [-0.2, 0) is 4.79 Å². The first-order valence-electron chi connectivity index (χ1n) is 4.64. The minimum absolute atomic E-state index is 0. The normalized spacial score (nSPS) is 11.7. The smallest absolute Gasteiger partial charge is 0.853 e. The maximum absolute atomic E-state index is 11.1. The quantitative estimate of drug-likeness (QED) is 0.264. The van der Waals surface area contributed by atoms with Crippen molar-refractivity contribution in [2.75, 3.05) is 0 Å². The van der Waals surface area contributed by atoms with Gasteiger partial charge in [0.1, 0.15) is 6.04 Å². The van der Waals surface area contributed by atoms with Crippen LogP contribution in [0.2, 0.25) is 0 Å². The molecule has 0 aromatic heterocycles. The van der Waals surface area contributed by atoms with Crippen molar-refractivity contribution in [3.63, 3.8) is 0 Å². The van der Waals surface area contributed by atoms with Crippen LogP contribution in [-0.4, -0.2) is 23.0 Å². The summed E-state index contributed by atoms with van der Waals surface area (Å²) < 4.78 is 0. The second-order valence-corrected chi connectivity index (χ2v) is 3.06. The summed E-state index contributed by atoms with van der Waals surface area (Å²) in [5.41, 5.74) is 0.689. The van der Waals surface area contributed by atoms with Gasteiger partial charge in [0.15, 0.2) is 0 Å². The molecule has 1 unspecified atom stereocenters. The van der Waals surface area contributed by atoms with Crippen molar-refractivity contribution in [2.24, 2.45) is 4.99 Å². The van der Waals surface area contributed by atoms with Gasteiger partial charge in [-0.25, -0.2) is 4.79 Å². The summed E-state index contributed by atoms with van der Waals surface area (Å²) in [5.74, 6) is 3.00. The predicted molar refractivity (Wildman–Crippen MR) is 57.9 cm³/mol. The molecular weight excluding hydrogens is 229 g/mol. The number of carboxylic acid groups (broad SMARTS) is 1. The number of carboxylic acids is 1. The minimum atomic E-state index is -1.14. The topological polar surface area (TPSA) is 72.7 Å². The van der Waals surface area contributed by atoms with Crippen LogP contribution in [0.1, 0.15) is 12.5 Å². The number of aliphatic imine (C=N–C) groups is 1. The number of carbonyl (C=O) groups is 1. The Morgan fingerprint density at radius 1 is 1.41 bits per heavy atom. The number of hydrogen-bond donors (Lipinski definition) is 1. The van der Waals surface area contributed by atoms with E-state index >= 15 is 0 Å². The SMILES string of the molecule is CC(N=C([O-])C#Cc1ccccc1)C(=O)O.[Na+]. The van der Waals surface area contributed by atoms with Crippen molar-refractivity contribution >= 4 is 11.9 Å². The van der Waals surface area contributed by atoms with E-state index < -0.39 is 17.9 Å². The van der Waals surface area contributed by atoms with Gasteiger partial charge >= 0.3 is 35.5 Å². The number of benzene rings is 1. The molecule has 5 heteroatoms. The first-order valence-corrected chi connectivity index (χ1v) is 4.64. The molecule has 0 saturated heterocycles. The molecule has 0 aliphatic rings. The molecule has 4 nitrogen and oxygen atoms in total. The molecule has 0 fully saturated rings. The second kappa shape index (κ2) is 7.91. The molecule has 17 heavy (non-hydrogen) atoms. The first kappa shape index (κ1) is 15.7. The van der Waals surface area contributed by atoms with Crippen LogP contribution < -0.4 is 34.7 Å². The number of rotatable bonds is 2. The third-order valence-corrected chi connectivity index (χ3v) is 1.76. The van der Waals surface area contributed by atoms with Gasteiger partial charge in [0.05, 0.1) is 0 Å². The van der Waals surface area contributed by atoms with Crippen molar-refractivity contribution in [1.29, 1.82) is 0 Å². The molecule has 0 heterocycles. The number of nitrogens with zero attached hydrogens (tertiary/aromatic N) is 1. The molecule has 0 amide bonds. The summed E-state index contributed by atoms with van der Waals surface area (Å²) in [4.78, 5) is 13.8. The molecular formula is C12H10NNaO3. The summed E-state index contributed by atoms with van der Waals surface area (Å²) in [7, 11) is 0. The molecule has 0 spiro atoms. The molecule has 0 saturated carbocycles. The summed E-state index contributed by atoms with van der Waals surface area (Å²) in [5, 5.41) is 19.6. The Morgan fingerprint density at radius 2 is 2.00 bits per heavy atom. The van der Waals surface area contributed by atoms with E-state index in [0.29, 0.717) is 5.56 Å². The Morgan fingerprint density at radius 3 is 2.53 bits per heavy atom. The van der Waals surface area contributed by atoms with Crippen LogP contribution in [0.25, 0.3) is 0 Å². The molecule has 1 aromatic rings. The van der Waals surface area contributed by atoms with Crippen LogP contribution in [0.5, 0.6) is 0 Å².